The molecular weight excluding hydrogens is 214 g/mol. The molecular formula is C14H15NO2. The van der Waals surface area contributed by atoms with E-state index >= 15 is 0 Å². The van der Waals surface area contributed by atoms with Crippen LogP contribution in [0.25, 0.3) is 11.3 Å². The van der Waals surface area contributed by atoms with Crippen molar-refractivity contribution in [3.05, 3.63) is 42.1 Å². The van der Waals surface area contributed by atoms with Crippen molar-refractivity contribution >= 4 is 0 Å². The second-order valence-corrected chi connectivity index (χ2v) is 3.79. The van der Waals surface area contributed by atoms with Gasteiger partial charge in [-0.3, -0.25) is 4.98 Å². The van der Waals surface area contributed by atoms with Crippen molar-refractivity contribution in [2.75, 3.05) is 14.2 Å². The maximum absolute atomic E-state index is 5.28. The minimum Gasteiger partial charge on any atom is -0.493 e. The lowest BCUT2D eigenvalue weighted by atomic mass is 10.1. The minimum atomic E-state index is 0.716. The van der Waals surface area contributed by atoms with E-state index in [1.54, 1.807) is 20.4 Å². The number of methoxy groups -OCH3 is 2. The van der Waals surface area contributed by atoms with Crippen LogP contribution in [-0.4, -0.2) is 19.2 Å². The van der Waals surface area contributed by atoms with Gasteiger partial charge >= 0.3 is 0 Å². The van der Waals surface area contributed by atoms with E-state index in [0.29, 0.717) is 5.75 Å². The van der Waals surface area contributed by atoms with E-state index in [1.807, 2.05) is 37.3 Å². The van der Waals surface area contributed by atoms with Gasteiger partial charge in [-0.05, 0) is 42.8 Å². The van der Waals surface area contributed by atoms with Gasteiger partial charge in [0.1, 0.15) is 0 Å². The number of nitrogens with zero attached hydrogens (tertiary/aromatic N) is 1. The van der Waals surface area contributed by atoms with Crippen LogP contribution in [0.2, 0.25) is 0 Å². The molecule has 2 rings (SSSR count). The Morgan fingerprint density at radius 2 is 1.71 bits per heavy atom. The van der Waals surface area contributed by atoms with Crippen LogP contribution in [0.1, 0.15) is 5.56 Å². The topological polar surface area (TPSA) is 31.4 Å². The number of aromatic nitrogens is 1. The summed E-state index contributed by atoms with van der Waals surface area (Å²) >= 11 is 0. The Labute approximate surface area is 101 Å². The van der Waals surface area contributed by atoms with Gasteiger partial charge in [0.25, 0.3) is 0 Å². The quantitative estimate of drug-likeness (QED) is 0.810. The minimum absolute atomic E-state index is 0.716. The number of hydrogen-bond acceptors (Lipinski definition) is 3. The molecule has 0 bridgehead atoms. The van der Waals surface area contributed by atoms with Crippen LogP contribution in [0.4, 0.5) is 0 Å². The average molecular weight is 229 g/mol. The molecule has 0 unspecified atom stereocenters. The third kappa shape index (κ3) is 2.38. The highest BCUT2D eigenvalue weighted by Gasteiger charge is 2.06. The maximum atomic E-state index is 5.28. The van der Waals surface area contributed by atoms with Crippen molar-refractivity contribution in [1.82, 2.24) is 4.98 Å². The number of ether oxygens (including phenoxy) is 2. The fourth-order valence-electron chi connectivity index (χ4n) is 1.69. The van der Waals surface area contributed by atoms with Crippen LogP contribution >= 0.6 is 0 Å². The Balaban J connectivity index is 2.46. The zero-order valence-electron chi connectivity index (χ0n) is 10.2. The van der Waals surface area contributed by atoms with Gasteiger partial charge in [-0.15, -0.1) is 0 Å². The fraction of sp³-hybridized carbons (Fsp3) is 0.214. The molecule has 0 amide bonds. The third-order valence-corrected chi connectivity index (χ3v) is 2.59. The number of hydrogen-bond donors (Lipinski definition) is 0. The molecule has 0 fully saturated rings. The lowest BCUT2D eigenvalue weighted by Crippen LogP contribution is -1.91. The number of pyridine rings is 1. The van der Waals surface area contributed by atoms with Crippen molar-refractivity contribution in [1.29, 1.82) is 0 Å². The van der Waals surface area contributed by atoms with Crippen LogP contribution in [0.15, 0.2) is 36.5 Å². The van der Waals surface area contributed by atoms with Crippen LogP contribution in [0.3, 0.4) is 0 Å². The first-order chi connectivity index (χ1) is 8.24. The highest BCUT2D eigenvalue weighted by atomic mass is 16.5. The molecule has 88 valence electrons. The van der Waals surface area contributed by atoms with Gasteiger partial charge in [0, 0.05) is 11.8 Å². The Kier molecular flexibility index (Phi) is 3.28. The SMILES string of the molecule is COc1ccc(-c2cc(C)ccn2)cc1OC. The van der Waals surface area contributed by atoms with E-state index in [2.05, 4.69) is 4.98 Å². The summed E-state index contributed by atoms with van der Waals surface area (Å²) in [5.41, 5.74) is 3.14. The molecule has 0 radical (unpaired) electrons. The van der Waals surface area contributed by atoms with Crippen molar-refractivity contribution in [2.45, 2.75) is 6.92 Å². The van der Waals surface area contributed by atoms with Gasteiger partial charge in [0.15, 0.2) is 11.5 Å². The first-order valence-electron chi connectivity index (χ1n) is 5.39. The van der Waals surface area contributed by atoms with Crippen molar-refractivity contribution < 1.29 is 9.47 Å². The first kappa shape index (κ1) is 11.5. The third-order valence-electron chi connectivity index (χ3n) is 2.59. The van der Waals surface area contributed by atoms with E-state index < -0.39 is 0 Å². The van der Waals surface area contributed by atoms with E-state index in [1.165, 1.54) is 5.56 Å². The summed E-state index contributed by atoms with van der Waals surface area (Å²) in [6.07, 6.45) is 1.81. The molecule has 0 N–H and O–H groups in total. The molecule has 17 heavy (non-hydrogen) atoms. The number of benzene rings is 1. The van der Waals surface area contributed by atoms with Gasteiger partial charge < -0.3 is 9.47 Å². The molecule has 1 aromatic carbocycles. The Morgan fingerprint density at radius 1 is 0.941 bits per heavy atom. The number of aryl methyl sites for hydroxylation is 1. The van der Waals surface area contributed by atoms with E-state index in [9.17, 15) is 0 Å². The van der Waals surface area contributed by atoms with Crippen LogP contribution < -0.4 is 9.47 Å². The molecule has 0 aliphatic rings. The lowest BCUT2D eigenvalue weighted by Gasteiger charge is -2.09. The van der Waals surface area contributed by atoms with Gasteiger partial charge in [0.2, 0.25) is 0 Å². The highest BCUT2D eigenvalue weighted by molar-refractivity contribution is 5.64. The highest BCUT2D eigenvalue weighted by Crippen LogP contribution is 2.31. The summed E-state index contributed by atoms with van der Waals surface area (Å²) in [6, 6.07) is 9.81. The standard InChI is InChI=1S/C14H15NO2/c1-10-6-7-15-12(8-10)11-4-5-13(16-2)14(9-11)17-3/h4-9H,1-3H3. The van der Waals surface area contributed by atoms with Crippen LogP contribution in [0.5, 0.6) is 11.5 Å². The second-order valence-electron chi connectivity index (χ2n) is 3.79. The molecule has 0 saturated carbocycles. The molecule has 0 saturated heterocycles. The molecule has 2 aromatic rings. The molecule has 3 nitrogen and oxygen atoms in total. The first-order valence-corrected chi connectivity index (χ1v) is 5.39. The molecule has 0 aliphatic carbocycles. The molecule has 0 atom stereocenters. The van der Waals surface area contributed by atoms with Crippen molar-refractivity contribution in [3.63, 3.8) is 0 Å². The Morgan fingerprint density at radius 3 is 2.35 bits per heavy atom. The zero-order chi connectivity index (χ0) is 12.3. The normalized spacial score (nSPS) is 10.1. The average Bonchev–Trinajstić information content (AvgIpc) is 2.38. The maximum Gasteiger partial charge on any atom is 0.161 e. The van der Waals surface area contributed by atoms with E-state index in [0.717, 1.165) is 17.0 Å². The molecule has 3 heteroatoms. The molecule has 0 aliphatic heterocycles. The Hall–Kier alpha value is -2.03. The monoisotopic (exact) mass is 229 g/mol. The summed E-state index contributed by atoms with van der Waals surface area (Å²) in [5, 5.41) is 0. The smallest absolute Gasteiger partial charge is 0.161 e. The summed E-state index contributed by atoms with van der Waals surface area (Å²) in [7, 11) is 3.26. The van der Waals surface area contributed by atoms with Gasteiger partial charge in [-0.1, -0.05) is 0 Å². The molecule has 0 spiro atoms. The molecule has 1 aromatic heterocycles. The van der Waals surface area contributed by atoms with E-state index in [-0.39, 0.29) is 0 Å². The summed E-state index contributed by atoms with van der Waals surface area (Å²) < 4.78 is 10.5. The number of rotatable bonds is 3. The van der Waals surface area contributed by atoms with Crippen molar-refractivity contribution in [2.24, 2.45) is 0 Å². The fourth-order valence-corrected chi connectivity index (χ4v) is 1.69. The van der Waals surface area contributed by atoms with E-state index in [4.69, 9.17) is 9.47 Å². The van der Waals surface area contributed by atoms with Crippen molar-refractivity contribution in [3.8, 4) is 22.8 Å². The predicted octanol–water partition coefficient (Wildman–Crippen LogP) is 3.07. The second kappa shape index (κ2) is 4.87. The zero-order valence-corrected chi connectivity index (χ0v) is 10.2. The van der Waals surface area contributed by atoms with Crippen LogP contribution in [0, 0.1) is 6.92 Å². The summed E-state index contributed by atoms with van der Waals surface area (Å²) in [5.74, 6) is 1.44. The molecule has 1 heterocycles. The van der Waals surface area contributed by atoms with Crippen LogP contribution in [-0.2, 0) is 0 Å². The lowest BCUT2D eigenvalue weighted by molar-refractivity contribution is 0.355. The summed E-state index contributed by atoms with van der Waals surface area (Å²) in [4.78, 5) is 4.34. The predicted molar refractivity (Wildman–Crippen MR) is 67.5 cm³/mol. The van der Waals surface area contributed by atoms with Gasteiger partial charge in [0.05, 0.1) is 19.9 Å². The largest absolute Gasteiger partial charge is 0.493 e. The summed E-state index contributed by atoms with van der Waals surface area (Å²) in [6.45, 7) is 2.05. The van der Waals surface area contributed by atoms with Gasteiger partial charge in [-0.25, -0.2) is 0 Å². The van der Waals surface area contributed by atoms with Gasteiger partial charge in [-0.2, -0.15) is 0 Å². The Bertz CT molecular complexity index is 523.